The lowest BCUT2D eigenvalue weighted by Gasteiger charge is -2.48. The van der Waals surface area contributed by atoms with Crippen LogP contribution < -0.4 is 5.32 Å². The van der Waals surface area contributed by atoms with Crippen molar-refractivity contribution in [3.63, 3.8) is 0 Å². The second kappa shape index (κ2) is 61.6. The summed E-state index contributed by atoms with van der Waals surface area (Å²) in [5.41, 5.74) is 0. The van der Waals surface area contributed by atoms with Crippen molar-refractivity contribution in [3.05, 3.63) is 60.8 Å². The van der Waals surface area contributed by atoms with Crippen LogP contribution in [-0.2, 0) is 33.2 Å². The van der Waals surface area contributed by atoms with Crippen LogP contribution >= 0.6 is 0 Å². The lowest BCUT2D eigenvalue weighted by atomic mass is 9.96. The van der Waals surface area contributed by atoms with Gasteiger partial charge in [-0.15, -0.1) is 0 Å². The Balaban J connectivity index is 1.29. The molecule has 3 aliphatic heterocycles. The average Bonchev–Trinajstić information content (AvgIpc) is 0.784. The number of rotatable bonds is 64. The highest BCUT2D eigenvalue weighted by molar-refractivity contribution is 5.76. The minimum atomic E-state index is -1.98. The molecule has 584 valence electrons. The molecule has 0 aromatic carbocycles. The molecule has 3 saturated heterocycles. The van der Waals surface area contributed by atoms with Crippen LogP contribution in [0.4, 0.5) is 0 Å². The van der Waals surface area contributed by atoms with E-state index in [1.807, 2.05) is 6.08 Å². The molecular formula is C81H147NO18. The van der Waals surface area contributed by atoms with Gasteiger partial charge in [0.15, 0.2) is 18.9 Å². The molecule has 19 heteroatoms. The van der Waals surface area contributed by atoms with Gasteiger partial charge in [-0.3, -0.25) is 4.79 Å². The number of amides is 1. The summed E-state index contributed by atoms with van der Waals surface area (Å²) in [6.45, 7) is 1.65. The van der Waals surface area contributed by atoms with Gasteiger partial charge in [-0.05, 0) is 57.8 Å². The van der Waals surface area contributed by atoms with Gasteiger partial charge in [-0.1, -0.05) is 312 Å². The van der Waals surface area contributed by atoms with Crippen molar-refractivity contribution in [2.45, 2.75) is 420 Å². The number of carbonyl (C=O) groups excluding carboxylic acids is 1. The maximum absolute atomic E-state index is 13.5. The van der Waals surface area contributed by atoms with E-state index in [0.29, 0.717) is 6.42 Å². The SMILES string of the molecule is CC/C=C\C/C=C\C/C=C\C/C=C\CCCCCCCCCCCCCCCCCCCCCCCCCCCCC(=O)NC(COC1OC(CO)C(OC2OC(CO)C(OC3OC(CO)C(O)C(O)C3O)C(O)C2O)C(O)C1O)C(O)/C=C/CCCCCCCCCCCCCCCC. The largest absolute Gasteiger partial charge is 0.394 e. The lowest BCUT2D eigenvalue weighted by Crippen LogP contribution is -2.66. The molecule has 0 aliphatic carbocycles. The standard InChI is InChI=1S/C81H147NO18/c1-3-5-7-9-11-13-15-17-19-21-22-23-24-25-26-27-28-29-30-31-32-33-34-35-36-37-38-39-40-41-42-43-45-47-49-51-53-55-57-59-69(87)82-64(65(86)58-56-54-52-50-48-46-44-20-18-16-14-12-10-8-6-4-2)63-95-79-75(93)72(90)77(67(61-84)97-79)100-81-76(94)73(91)78(68(62-85)98-81)99-80-74(92)71(89)70(88)66(60-83)96-80/h5,7,11,13,17,19,22-23,56,58,64-68,70-81,83-86,88-94H,3-4,6,8-10,12,14-16,18,20-21,24-55,57,59-63H2,1-2H3,(H,82,87)/b7-5-,13-11-,19-17-,23-22-,58-56+. The Morgan fingerprint density at radius 1 is 0.370 bits per heavy atom. The normalized spacial score (nSPS) is 26.8. The van der Waals surface area contributed by atoms with E-state index in [-0.39, 0.29) is 18.9 Å². The van der Waals surface area contributed by atoms with Crippen molar-refractivity contribution < 1.29 is 89.4 Å². The molecule has 0 bridgehead atoms. The van der Waals surface area contributed by atoms with Gasteiger partial charge in [-0.25, -0.2) is 0 Å². The topological polar surface area (TPSA) is 307 Å². The van der Waals surface area contributed by atoms with Crippen LogP contribution in [0.15, 0.2) is 60.8 Å². The van der Waals surface area contributed by atoms with Gasteiger partial charge >= 0.3 is 0 Å². The second-order valence-corrected chi connectivity index (χ2v) is 28.9. The van der Waals surface area contributed by atoms with E-state index >= 15 is 0 Å². The Morgan fingerprint density at radius 3 is 1.08 bits per heavy atom. The Kier molecular flexibility index (Phi) is 56.5. The smallest absolute Gasteiger partial charge is 0.220 e. The number of hydrogen-bond acceptors (Lipinski definition) is 18. The van der Waals surface area contributed by atoms with Crippen LogP contribution in [-0.4, -0.2) is 193 Å². The zero-order valence-electron chi connectivity index (χ0n) is 62.4. The zero-order chi connectivity index (χ0) is 72.5. The fourth-order valence-electron chi connectivity index (χ4n) is 13.6. The number of hydrogen-bond donors (Lipinski definition) is 12. The van der Waals surface area contributed by atoms with E-state index in [9.17, 15) is 61.0 Å². The third-order valence-corrected chi connectivity index (χ3v) is 20.1. The molecule has 0 saturated carbocycles. The number of nitrogens with one attached hydrogen (secondary N) is 1. The van der Waals surface area contributed by atoms with Crippen LogP contribution in [0.3, 0.4) is 0 Å². The first-order valence-corrected chi connectivity index (χ1v) is 40.5. The highest BCUT2D eigenvalue weighted by Gasteiger charge is 2.54. The number of unbranched alkanes of at least 4 members (excludes halogenated alkanes) is 40. The highest BCUT2D eigenvalue weighted by Crippen LogP contribution is 2.33. The third-order valence-electron chi connectivity index (χ3n) is 20.1. The summed E-state index contributed by atoms with van der Waals surface area (Å²) in [6.07, 6.45) is 52.3. The fraction of sp³-hybridized carbons (Fsp3) is 0.864. The first kappa shape index (κ1) is 91.7. The Morgan fingerprint density at radius 2 is 0.690 bits per heavy atom. The molecule has 17 atom stereocenters. The van der Waals surface area contributed by atoms with Gasteiger partial charge < -0.3 is 89.9 Å². The molecule has 17 unspecified atom stereocenters. The van der Waals surface area contributed by atoms with E-state index in [0.717, 1.165) is 70.6 Å². The number of aliphatic hydroxyl groups is 11. The quantitative estimate of drug-likeness (QED) is 0.0199. The Bertz CT molecular complexity index is 2040. The molecule has 0 spiro atoms. The van der Waals surface area contributed by atoms with Gasteiger partial charge in [-0.2, -0.15) is 0 Å². The van der Waals surface area contributed by atoms with Crippen LogP contribution in [0.1, 0.15) is 316 Å². The molecule has 3 aliphatic rings. The van der Waals surface area contributed by atoms with Crippen molar-refractivity contribution in [2.24, 2.45) is 0 Å². The molecule has 3 rings (SSSR count). The van der Waals surface area contributed by atoms with Gasteiger partial charge in [0.25, 0.3) is 0 Å². The van der Waals surface area contributed by atoms with Crippen LogP contribution in [0.2, 0.25) is 0 Å². The van der Waals surface area contributed by atoms with Gasteiger partial charge in [0.05, 0.1) is 38.6 Å². The highest BCUT2D eigenvalue weighted by atomic mass is 16.8. The van der Waals surface area contributed by atoms with Crippen LogP contribution in [0, 0.1) is 0 Å². The van der Waals surface area contributed by atoms with Crippen molar-refractivity contribution in [1.82, 2.24) is 5.32 Å². The molecular weight excluding hydrogens is 1270 g/mol. The molecule has 3 heterocycles. The monoisotopic (exact) mass is 1420 g/mol. The van der Waals surface area contributed by atoms with Crippen molar-refractivity contribution in [3.8, 4) is 0 Å². The number of carbonyl (C=O) groups is 1. The maximum atomic E-state index is 13.5. The molecule has 3 fully saturated rings. The first-order chi connectivity index (χ1) is 48.8. The van der Waals surface area contributed by atoms with Gasteiger partial charge in [0.1, 0.15) is 73.2 Å². The van der Waals surface area contributed by atoms with Crippen molar-refractivity contribution in [2.75, 3.05) is 26.4 Å². The van der Waals surface area contributed by atoms with Gasteiger partial charge in [0, 0.05) is 6.42 Å². The minimum absolute atomic E-state index is 0.247. The van der Waals surface area contributed by atoms with E-state index in [2.05, 4.69) is 67.8 Å². The van der Waals surface area contributed by atoms with Crippen molar-refractivity contribution >= 4 is 5.91 Å². The molecule has 12 N–H and O–H groups in total. The Labute approximate surface area is 605 Å². The molecule has 100 heavy (non-hydrogen) atoms. The number of ether oxygens (including phenoxy) is 6. The number of aliphatic hydroxyl groups excluding tert-OH is 11. The van der Waals surface area contributed by atoms with Crippen molar-refractivity contribution in [1.29, 1.82) is 0 Å². The summed E-state index contributed by atoms with van der Waals surface area (Å²) in [6, 6.07) is -0.972. The van der Waals surface area contributed by atoms with E-state index in [1.165, 1.54) is 218 Å². The molecule has 19 nitrogen and oxygen atoms in total. The summed E-state index contributed by atoms with van der Waals surface area (Å²) < 4.78 is 34.4. The summed E-state index contributed by atoms with van der Waals surface area (Å²) in [5.74, 6) is -0.270. The summed E-state index contributed by atoms with van der Waals surface area (Å²) in [4.78, 5) is 13.5. The Hall–Kier alpha value is -2.51. The summed E-state index contributed by atoms with van der Waals surface area (Å²) in [5, 5.41) is 121. The predicted octanol–water partition coefficient (Wildman–Crippen LogP) is 13.5. The molecule has 0 aromatic heterocycles. The lowest BCUT2D eigenvalue weighted by molar-refractivity contribution is -0.379. The summed E-state index contributed by atoms with van der Waals surface area (Å²) in [7, 11) is 0. The fourth-order valence-corrected chi connectivity index (χ4v) is 13.6. The minimum Gasteiger partial charge on any atom is -0.394 e. The average molecular weight is 1420 g/mol. The van der Waals surface area contributed by atoms with Gasteiger partial charge in [0.2, 0.25) is 5.91 Å². The van der Waals surface area contributed by atoms with E-state index < -0.39 is 124 Å². The summed E-state index contributed by atoms with van der Waals surface area (Å²) >= 11 is 0. The maximum Gasteiger partial charge on any atom is 0.220 e. The third kappa shape index (κ3) is 41.4. The molecule has 0 radical (unpaired) electrons. The first-order valence-electron chi connectivity index (χ1n) is 40.5. The van der Waals surface area contributed by atoms with Crippen LogP contribution in [0.25, 0.3) is 0 Å². The van der Waals surface area contributed by atoms with Crippen LogP contribution in [0.5, 0.6) is 0 Å². The molecule has 0 aromatic rings. The molecule has 1 amide bonds. The number of allylic oxidation sites excluding steroid dienone is 9. The van der Waals surface area contributed by atoms with E-state index in [1.54, 1.807) is 6.08 Å². The zero-order valence-corrected chi connectivity index (χ0v) is 62.4. The predicted molar refractivity (Wildman–Crippen MR) is 397 cm³/mol. The second-order valence-electron chi connectivity index (χ2n) is 28.9. The van der Waals surface area contributed by atoms with E-state index in [4.69, 9.17) is 28.4 Å².